The first-order valence-electron chi connectivity index (χ1n) is 7.02. The standard InChI is InChI=1S/C15H20Cl2N2O/c1-10-2-4-13(5-3-10)19-15(20)9-18-14-7-11(16)6-12(17)8-14/h6-8,10,13,18H,2-5,9H2,1H3,(H,19,20). The van der Waals surface area contributed by atoms with Crippen molar-refractivity contribution in [1.29, 1.82) is 0 Å². The van der Waals surface area contributed by atoms with Crippen LogP contribution in [0.4, 0.5) is 5.69 Å². The molecule has 1 aliphatic rings. The Balaban J connectivity index is 1.77. The monoisotopic (exact) mass is 314 g/mol. The molecule has 3 nitrogen and oxygen atoms in total. The van der Waals surface area contributed by atoms with E-state index in [2.05, 4.69) is 17.6 Å². The summed E-state index contributed by atoms with van der Waals surface area (Å²) in [4.78, 5) is 11.9. The summed E-state index contributed by atoms with van der Waals surface area (Å²) in [6, 6.07) is 5.49. The molecule has 0 spiro atoms. The van der Waals surface area contributed by atoms with Gasteiger partial charge in [-0.3, -0.25) is 4.79 Å². The van der Waals surface area contributed by atoms with Gasteiger partial charge in [-0.25, -0.2) is 0 Å². The molecule has 110 valence electrons. The van der Waals surface area contributed by atoms with E-state index in [0.717, 1.165) is 24.4 Å². The number of anilines is 1. The molecule has 2 rings (SSSR count). The molecule has 1 amide bonds. The maximum Gasteiger partial charge on any atom is 0.239 e. The molecule has 0 radical (unpaired) electrons. The van der Waals surface area contributed by atoms with Crippen LogP contribution in [0.5, 0.6) is 0 Å². The van der Waals surface area contributed by atoms with Gasteiger partial charge < -0.3 is 10.6 Å². The van der Waals surface area contributed by atoms with Gasteiger partial charge >= 0.3 is 0 Å². The third-order valence-electron chi connectivity index (χ3n) is 3.70. The van der Waals surface area contributed by atoms with Crippen molar-refractivity contribution < 1.29 is 4.79 Å². The van der Waals surface area contributed by atoms with Crippen LogP contribution in [0.3, 0.4) is 0 Å². The molecule has 1 saturated carbocycles. The summed E-state index contributed by atoms with van der Waals surface area (Å²) >= 11 is 11.8. The zero-order valence-electron chi connectivity index (χ0n) is 11.6. The lowest BCUT2D eigenvalue weighted by molar-refractivity contribution is -0.120. The van der Waals surface area contributed by atoms with Crippen LogP contribution < -0.4 is 10.6 Å². The van der Waals surface area contributed by atoms with Crippen molar-refractivity contribution in [2.45, 2.75) is 38.6 Å². The molecule has 0 saturated heterocycles. The highest BCUT2D eigenvalue weighted by atomic mass is 35.5. The Morgan fingerprint density at radius 1 is 1.15 bits per heavy atom. The van der Waals surface area contributed by atoms with Gasteiger partial charge in [-0.15, -0.1) is 0 Å². The fourth-order valence-electron chi connectivity index (χ4n) is 2.52. The number of carbonyl (C=O) groups excluding carboxylic acids is 1. The summed E-state index contributed by atoms with van der Waals surface area (Å²) in [5, 5.41) is 7.23. The summed E-state index contributed by atoms with van der Waals surface area (Å²) in [6.07, 6.45) is 4.55. The molecule has 0 bridgehead atoms. The van der Waals surface area contributed by atoms with Crippen LogP contribution in [-0.4, -0.2) is 18.5 Å². The molecule has 2 N–H and O–H groups in total. The van der Waals surface area contributed by atoms with Gasteiger partial charge in [-0.1, -0.05) is 30.1 Å². The first kappa shape index (κ1) is 15.5. The van der Waals surface area contributed by atoms with Gasteiger partial charge in [0, 0.05) is 21.8 Å². The fourth-order valence-corrected chi connectivity index (χ4v) is 3.05. The van der Waals surface area contributed by atoms with Crippen LogP contribution >= 0.6 is 23.2 Å². The lowest BCUT2D eigenvalue weighted by Gasteiger charge is -2.27. The maximum atomic E-state index is 11.9. The van der Waals surface area contributed by atoms with Crippen LogP contribution in [-0.2, 0) is 4.79 Å². The molecule has 5 heteroatoms. The Morgan fingerprint density at radius 2 is 1.75 bits per heavy atom. The van der Waals surface area contributed by atoms with Gasteiger partial charge in [-0.2, -0.15) is 0 Å². The summed E-state index contributed by atoms with van der Waals surface area (Å²) in [5.74, 6) is 0.801. The predicted octanol–water partition coefficient (Wildman–Crippen LogP) is 4.10. The van der Waals surface area contributed by atoms with Gasteiger partial charge in [0.2, 0.25) is 5.91 Å². The first-order valence-corrected chi connectivity index (χ1v) is 7.78. The summed E-state index contributed by atoms with van der Waals surface area (Å²) in [5.41, 5.74) is 0.759. The molecular formula is C15H20Cl2N2O. The molecular weight excluding hydrogens is 295 g/mol. The Morgan fingerprint density at radius 3 is 2.35 bits per heavy atom. The molecule has 0 aromatic heterocycles. The van der Waals surface area contributed by atoms with Gasteiger partial charge in [0.25, 0.3) is 0 Å². The Kier molecular flexibility index (Phi) is 5.55. The quantitative estimate of drug-likeness (QED) is 0.878. The van der Waals surface area contributed by atoms with Crippen LogP contribution in [0.1, 0.15) is 32.6 Å². The highest BCUT2D eigenvalue weighted by Gasteiger charge is 2.19. The Labute approximate surface area is 130 Å². The van der Waals surface area contributed by atoms with Crippen molar-refractivity contribution in [2.75, 3.05) is 11.9 Å². The second-order valence-corrected chi connectivity index (χ2v) is 6.41. The number of halogens is 2. The zero-order chi connectivity index (χ0) is 14.5. The summed E-state index contributed by atoms with van der Waals surface area (Å²) in [6.45, 7) is 2.51. The fraction of sp³-hybridized carbons (Fsp3) is 0.533. The summed E-state index contributed by atoms with van der Waals surface area (Å²) in [7, 11) is 0. The first-order chi connectivity index (χ1) is 9.52. The summed E-state index contributed by atoms with van der Waals surface area (Å²) < 4.78 is 0. The van der Waals surface area contributed by atoms with Crippen LogP contribution in [0.15, 0.2) is 18.2 Å². The average molecular weight is 315 g/mol. The number of nitrogens with one attached hydrogen (secondary N) is 2. The SMILES string of the molecule is CC1CCC(NC(=O)CNc2cc(Cl)cc(Cl)c2)CC1. The molecule has 1 aliphatic carbocycles. The minimum atomic E-state index is 0.0145. The number of benzene rings is 1. The minimum absolute atomic E-state index is 0.0145. The molecule has 0 heterocycles. The molecule has 20 heavy (non-hydrogen) atoms. The van der Waals surface area contributed by atoms with Gasteiger partial charge in [0.15, 0.2) is 0 Å². The number of rotatable bonds is 4. The van der Waals surface area contributed by atoms with Crippen LogP contribution in [0.25, 0.3) is 0 Å². The van der Waals surface area contributed by atoms with E-state index in [4.69, 9.17) is 23.2 Å². The van der Waals surface area contributed by atoms with E-state index < -0.39 is 0 Å². The van der Waals surface area contributed by atoms with Crippen LogP contribution in [0.2, 0.25) is 10.0 Å². The predicted molar refractivity (Wildman–Crippen MR) is 84.5 cm³/mol. The van der Waals surface area contributed by atoms with Crippen molar-refractivity contribution in [3.63, 3.8) is 0 Å². The van der Waals surface area contributed by atoms with Gasteiger partial charge in [0.05, 0.1) is 6.54 Å². The third kappa shape index (κ3) is 4.88. The van der Waals surface area contributed by atoms with E-state index in [1.54, 1.807) is 18.2 Å². The van der Waals surface area contributed by atoms with E-state index in [9.17, 15) is 4.79 Å². The van der Waals surface area contributed by atoms with E-state index in [1.165, 1.54) is 12.8 Å². The number of amides is 1. The number of hydrogen-bond acceptors (Lipinski definition) is 2. The van der Waals surface area contributed by atoms with Crippen molar-refractivity contribution in [3.05, 3.63) is 28.2 Å². The zero-order valence-corrected chi connectivity index (χ0v) is 13.1. The average Bonchev–Trinajstić information content (AvgIpc) is 2.38. The number of carbonyl (C=O) groups is 1. The topological polar surface area (TPSA) is 41.1 Å². The molecule has 0 aliphatic heterocycles. The van der Waals surface area contributed by atoms with Gasteiger partial charge in [0.1, 0.15) is 0 Å². The molecule has 0 atom stereocenters. The second kappa shape index (κ2) is 7.19. The lowest BCUT2D eigenvalue weighted by Crippen LogP contribution is -2.40. The smallest absolute Gasteiger partial charge is 0.239 e. The largest absolute Gasteiger partial charge is 0.376 e. The molecule has 1 aromatic rings. The lowest BCUT2D eigenvalue weighted by atomic mass is 9.87. The van der Waals surface area contributed by atoms with Crippen molar-refractivity contribution in [1.82, 2.24) is 5.32 Å². The van der Waals surface area contributed by atoms with Crippen LogP contribution in [0, 0.1) is 5.92 Å². The highest BCUT2D eigenvalue weighted by molar-refractivity contribution is 6.35. The molecule has 1 aromatic carbocycles. The second-order valence-electron chi connectivity index (χ2n) is 5.54. The minimum Gasteiger partial charge on any atom is -0.376 e. The van der Waals surface area contributed by atoms with Crippen molar-refractivity contribution in [2.24, 2.45) is 5.92 Å². The molecule has 0 unspecified atom stereocenters. The van der Waals surface area contributed by atoms with Gasteiger partial charge in [-0.05, 0) is 49.8 Å². The van der Waals surface area contributed by atoms with E-state index in [-0.39, 0.29) is 12.5 Å². The Hall–Kier alpha value is -0.930. The number of hydrogen-bond donors (Lipinski definition) is 2. The van der Waals surface area contributed by atoms with E-state index in [0.29, 0.717) is 16.1 Å². The molecule has 1 fully saturated rings. The normalized spacial score (nSPS) is 22.4. The van der Waals surface area contributed by atoms with Crippen molar-refractivity contribution in [3.8, 4) is 0 Å². The highest BCUT2D eigenvalue weighted by Crippen LogP contribution is 2.24. The van der Waals surface area contributed by atoms with E-state index in [1.807, 2.05) is 0 Å². The third-order valence-corrected chi connectivity index (χ3v) is 4.13. The van der Waals surface area contributed by atoms with Crippen molar-refractivity contribution >= 4 is 34.8 Å². The Bertz CT molecular complexity index is 451. The maximum absolute atomic E-state index is 11.9. The van der Waals surface area contributed by atoms with E-state index >= 15 is 0 Å².